The van der Waals surface area contributed by atoms with Crippen LogP contribution in [0.25, 0.3) is 0 Å². The Hall–Kier alpha value is -0.110. The van der Waals surface area contributed by atoms with E-state index in [2.05, 4.69) is 18.7 Å². The molecular formula is C7H16FN. The van der Waals surface area contributed by atoms with Crippen LogP contribution in [0.15, 0.2) is 0 Å². The fraction of sp³-hybridized carbons (Fsp3) is 1.00. The molecule has 1 nitrogen and oxygen atoms in total. The third-order valence-electron chi connectivity index (χ3n) is 1.87. The summed E-state index contributed by atoms with van der Waals surface area (Å²) < 4.78 is 0. The quantitative estimate of drug-likeness (QED) is 0.525. The van der Waals surface area contributed by atoms with Gasteiger partial charge in [-0.15, -0.1) is 0 Å². The Morgan fingerprint density at radius 2 is 1.56 bits per heavy atom. The van der Waals surface area contributed by atoms with Gasteiger partial charge in [0.05, 0.1) is 0 Å². The first-order valence-electron chi connectivity index (χ1n) is 3.55. The van der Waals surface area contributed by atoms with Crippen LogP contribution in [0.1, 0.15) is 26.7 Å². The molecule has 0 amide bonds. The van der Waals surface area contributed by atoms with Crippen molar-refractivity contribution in [3.63, 3.8) is 0 Å². The third-order valence-corrected chi connectivity index (χ3v) is 1.87. The second kappa shape index (κ2) is 3.83. The summed E-state index contributed by atoms with van der Waals surface area (Å²) in [4.78, 5) is 2.53. The van der Waals surface area contributed by atoms with Crippen molar-refractivity contribution in [2.24, 2.45) is 0 Å². The van der Waals surface area contributed by atoms with E-state index in [1.54, 1.807) is 0 Å². The minimum absolute atomic E-state index is 0. The predicted molar refractivity (Wildman–Crippen MR) is 38.4 cm³/mol. The number of hydrogen-bond donors (Lipinski definition) is 0. The molecule has 0 spiro atoms. The predicted octanol–water partition coefficient (Wildman–Crippen LogP) is 1.64. The highest BCUT2D eigenvalue weighted by atomic mass is 19.0. The molecule has 1 aliphatic rings. The first kappa shape index (κ1) is 8.89. The van der Waals surface area contributed by atoms with E-state index in [-0.39, 0.29) is 4.70 Å². The standard InChI is InChI=1S/C7H15N.FH/c1-7(2)8-5-3-4-6-8;/h7H,3-6H2,1-2H3;1H. The zero-order valence-electron chi connectivity index (χ0n) is 6.26. The van der Waals surface area contributed by atoms with Crippen LogP contribution < -0.4 is 0 Å². The van der Waals surface area contributed by atoms with Gasteiger partial charge in [0.2, 0.25) is 0 Å². The Morgan fingerprint density at radius 3 is 1.78 bits per heavy atom. The van der Waals surface area contributed by atoms with E-state index in [4.69, 9.17) is 0 Å². The number of rotatable bonds is 1. The smallest absolute Gasteiger partial charge is 0.00385 e. The average molecular weight is 133 g/mol. The SMILES string of the molecule is CC(C)N1CCCC1.F. The van der Waals surface area contributed by atoms with Crippen molar-refractivity contribution in [3.8, 4) is 0 Å². The minimum Gasteiger partial charge on any atom is -0.301 e. The molecule has 1 heterocycles. The van der Waals surface area contributed by atoms with Gasteiger partial charge in [-0.3, -0.25) is 4.70 Å². The fourth-order valence-corrected chi connectivity index (χ4v) is 1.26. The van der Waals surface area contributed by atoms with Crippen LogP contribution in [0.4, 0.5) is 4.70 Å². The number of hydrogen-bond acceptors (Lipinski definition) is 1. The Morgan fingerprint density at radius 1 is 1.11 bits per heavy atom. The zero-order chi connectivity index (χ0) is 5.98. The first-order chi connectivity index (χ1) is 3.80. The zero-order valence-corrected chi connectivity index (χ0v) is 6.26. The van der Waals surface area contributed by atoms with Crippen molar-refractivity contribution in [1.29, 1.82) is 0 Å². The van der Waals surface area contributed by atoms with Crippen LogP contribution >= 0.6 is 0 Å². The van der Waals surface area contributed by atoms with E-state index in [9.17, 15) is 0 Å². The van der Waals surface area contributed by atoms with E-state index >= 15 is 0 Å². The van der Waals surface area contributed by atoms with Gasteiger partial charge in [0.1, 0.15) is 0 Å². The molecule has 0 unspecified atom stereocenters. The molecule has 2 heteroatoms. The monoisotopic (exact) mass is 133 g/mol. The summed E-state index contributed by atoms with van der Waals surface area (Å²) in [6.45, 7) is 7.20. The van der Waals surface area contributed by atoms with Crippen molar-refractivity contribution >= 4 is 0 Å². The highest BCUT2D eigenvalue weighted by molar-refractivity contribution is 4.68. The van der Waals surface area contributed by atoms with Crippen LogP contribution in [0, 0.1) is 0 Å². The molecule has 9 heavy (non-hydrogen) atoms. The van der Waals surface area contributed by atoms with Crippen LogP contribution in [0.3, 0.4) is 0 Å². The maximum Gasteiger partial charge on any atom is 0.00385 e. The highest BCUT2D eigenvalue weighted by Crippen LogP contribution is 2.09. The molecule has 0 aromatic heterocycles. The van der Waals surface area contributed by atoms with Crippen molar-refractivity contribution in [2.75, 3.05) is 13.1 Å². The molecule has 0 N–H and O–H groups in total. The van der Waals surface area contributed by atoms with Gasteiger partial charge >= 0.3 is 0 Å². The Kier molecular flexibility index (Phi) is 3.78. The summed E-state index contributed by atoms with van der Waals surface area (Å²) in [5.41, 5.74) is 0. The lowest BCUT2D eigenvalue weighted by atomic mass is 10.3. The van der Waals surface area contributed by atoms with Crippen molar-refractivity contribution in [3.05, 3.63) is 0 Å². The van der Waals surface area contributed by atoms with Crippen molar-refractivity contribution < 1.29 is 4.70 Å². The van der Waals surface area contributed by atoms with E-state index in [1.807, 2.05) is 0 Å². The van der Waals surface area contributed by atoms with Crippen LogP contribution in [0.2, 0.25) is 0 Å². The van der Waals surface area contributed by atoms with Gasteiger partial charge in [0.25, 0.3) is 0 Å². The molecule has 0 aliphatic carbocycles. The van der Waals surface area contributed by atoms with E-state index in [1.165, 1.54) is 25.9 Å². The van der Waals surface area contributed by atoms with E-state index in [0.717, 1.165) is 6.04 Å². The molecule has 0 aromatic carbocycles. The molecule has 0 saturated carbocycles. The number of halogens is 1. The van der Waals surface area contributed by atoms with Gasteiger partial charge in [-0.25, -0.2) is 0 Å². The molecule has 0 atom stereocenters. The van der Waals surface area contributed by atoms with Crippen LogP contribution in [-0.4, -0.2) is 24.0 Å². The summed E-state index contributed by atoms with van der Waals surface area (Å²) in [7, 11) is 0. The van der Waals surface area contributed by atoms with Crippen LogP contribution in [0.5, 0.6) is 0 Å². The van der Waals surface area contributed by atoms with E-state index in [0.29, 0.717) is 0 Å². The van der Waals surface area contributed by atoms with Gasteiger partial charge < -0.3 is 4.90 Å². The molecule has 1 saturated heterocycles. The molecule has 1 fully saturated rings. The molecule has 0 aromatic rings. The highest BCUT2D eigenvalue weighted by Gasteiger charge is 2.13. The fourth-order valence-electron chi connectivity index (χ4n) is 1.26. The average Bonchev–Trinajstić information content (AvgIpc) is 2.12. The summed E-state index contributed by atoms with van der Waals surface area (Å²) in [6.07, 6.45) is 2.83. The maximum absolute atomic E-state index is 2.53. The Bertz CT molecular complexity index is 67.3. The Labute approximate surface area is 56.4 Å². The molecule has 1 aliphatic heterocycles. The van der Waals surface area contributed by atoms with Crippen molar-refractivity contribution in [2.45, 2.75) is 32.7 Å². The van der Waals surface area contributed by atoms with Crippen molar-refractivity contribution in [1.82, 2.24) is 4.90 Å². The number of likely N-dealkylation sites (tertiary alicyclic amines) is 1. The van der Waals surface area contributed by atoms with Gasteiger partial charge in [-0.05, 0) is 39.8 Å². The molecule has 0 radical (unpaired) electrons. The summed E-state index contributed by atoms with van der Waals surface area (Å²) in [5, 5.41) is 0. The van der Waals surface area contributed by atoms with Gasteiger partial charge in [-0.1, -0.05) is 0 Å². The van der Waals surface area contributed by atoms with Gasteiger partial charge in [0, 0.05) is 6.04 Å². The molecular weight excluding hydrogens is 117 g/mol. The molecule has 0 bridgehead atoms. The van der Waals surface area contributed by atoms with E-state index < -0.39 is 0 Å². The van der Waals surface area contributed by atoms with Crippen LogP contribution in [-0.2, 0) is 0 Å². The third kappa shape index (κ3) is 2.31. The first-order valence-corrected chi connectivity index (χ1v) is 3.55. The summed E-state index contributed by atoms with van der Waals surface area (Å²) in [5.74, 6) is 0. The summed E-state index contributed by atoms with van der Waals surface area (Å²) in [6, 6.07) is 0.775. The lowest BCUT2D eigenvalue weighted by molar-refractivity contribution is 0.276. The lowest BCUT2D eigenvalue weighted by Gasteiger charge is -2.18. The molecule has 56 valence electrons. The number of nitrogens with zero attached hydrogens (tertiary/aromatic N) is 1. The topological polar surface area (TPSA) is 3.24 Å². The summed E-state index contributed by atoms with van der Waals surface area (Å²) >= 11 is 0. The lowest BCUT2D eigenvalue weighted by Crippen LogP contribution is -2.26. The van der Waals surface area contributed by atoms with Gasteiger partial charge in [0.15, 0.2) is 0 Å². The maximum atomic E-state index is 2.53. The van der Waals surface area contributed by atoms with Gasteiger partial charge in [-0.2, -0.15) is 0 Å². The molecule has 1 rings (SSSR count). The second-order valence-electron chi connectivity index (χ2n) is 2.84. The largest absolute Gasteiger partial charge is 0.301 e. The minimum atomic E-state index is 0. The second-order valence-corrected chi connectivity index (χ2v) is 2.84. The Balaban J connectivity index is 0.000000640. The normalized spacial score (nSPS) is 20.3.